The van der Waals surface area contributed by atoms with Gasteiger partial charge in [-0.2, -0.15) is 0 Å². The minimum atomic E-state index is -3.05. The van der Waals surface area contributed by atoms with Gasteiger partial charge in [-0.25, -0.2) is 14.4 Å². The Labute approximate surface area is 333 Å². The number of hydrogen-bond acceptors (Lipinski definition) is 10. The zero-order chi connectivity index (χ0) is 41.1. The van der Waals surface area contributed by atoms with E-state index in [2.05, 4.69) is 50.0 Å². The molecule has 6 rings (SSSR count). The number of aryl methyl sites for hydroxylation is 1. The standard InChI is InChI=1S/C43H53N3O10Si/c1-28-26-46(40(49)44-38(28)47)37-25-35(36(54-37)27-53-57(42(2,3)4,32-16-11-9-12-17-32)33-18-13-10-14-19-33)55-39(48)34-20-15-21-45(34)41(50)56-43(5,6)29-22-30(51-7)24-31(23-29)52-8/h9-14,16-19,22-24,26,34-37H,15,20-21,25,27H2,1-8H3,(H,44,47,49)/t34-,35-,36+,37+/m0/s1. The molecule has 0 saturated carbocycles. The number of rotatable bonds is 12. The fourth-order valence-corrected chi connectivity index (χ4v) is 12.4. The number of esters is 1. The third-order valence-electron chi connectivity index (χ3n) is 10.9. The first-order chi connectivity index (χ1) is 27.1. The minimum absolute atomic E-state index is 0.0351. The van der Waals surface area contributed by atoms with Crippen LogP contribution in [0.3, 0.4) is 0 Å². The van der Waals surface area contributed by atoms with Gasteiger partial charge in [0, 0.05) is 36.4 Å². The highest BCUT2D eigenvalue weighted by Crippen LogP contribution is 2.39. The van der Waals surface area contributed by atoms with Crippen LogP contribution in [0, 0.1) is 6.92 Å². The largest absolute Gasteiger partial charge is 0.497 e. The average Bonchev–Trinajstić information content (AvgIpc) is 3.84. The van der Waals surface area contributed by atoms with Crippen LogP contribution in [0.15, 0.2) is 94.6 Å². The van der Waals surface area contributed by atoms with Gasteiger partial charge in [-0.1, -0.05) is 81.4 Å². The molecule has 14 heteroatoms. The average molecular weight is 800 g/mol. The number of hydrogen-bond donors (Lipinski definition) is 1. The molecule has 1 aromatic heterocycles. The van der Waals surface area contributed by atoms with Crippen LogP contribution in [-0.2, 0) is 29.0 Å². The summed E-state index contributed by atoms with van der Waals surface area (Å²) in [5, 5.41) is 1.78. The van der Waals surface area contributed by atoms with E-state index in [9.17, 15) is 19.2 Å². The number of carbonyl (C=O) groups excluding carboxylic acids is 2. The van der Waals surface area contributed by atoms with Gasteiger partial charge in [-0.05, 0) is 61.2 Å². The Morgan fingerprint density at radius 1 is 0.895 bits per heavy atom. The molecule has 57 heavy (non-hydrogen) atoms. The molecule has 2 fully saturated rings. The number of amides is 1. The first-order valence-corrected chi connectivity index (χ1v) is 21.1. The molecule has 1 N–H and O–H groups in total. The van der Waals surface area contributed by atoms with Crippen LogP contribution in [0.1, 0.15) is 71.2 Å². The Morgan fingerprint density at radius 3 is 2.05 bits per heavy atom. The van der Waals surface area contributed by atoms with Crippen molar-refractivity contribution in [3.63, 3.8) is 0 Å². The molecule has 0 radical (unpaired) electrons. The lowest BCUT2D eigenvalue weighted by Gasteiger charge is -2.43. The minimum Gasteiger partial charge on any atom is -0.497 e. The predicted octanol–water partition coefficient (Wildman–Crippen LogP) is 5.17. The number of likely N-dealkylation sites (tertiary alicyclic amines) is 1. The van der Waals surface area contributed by atoms with Crippen LogP contribution in [0.2, 0.25) is 5.04 Å². The van der Waals surface area contributed by atoms with Crippen molar-refractivity contribution in [3.8, 4) is 11.5 Å². The van der Waals surface area contributed by atoms with E-state index < -0.39 is 61.7 Å². The van der Waals surface area contributed by atoms with Crippen molar-refractivity contribution in [2.45, 2.75) is 95.9 Å². The van der Waals surface area contributed by atoms with Crippen LogP contribution in [-0.4, -0.2) is 80.5 Å². The van der Waals surface area contributed by atoms with Crippen LogP contribution in [0.4, 0.5) is 4.79 Å². The number of carbonyl (C=O) groups is 2. The monoisotopic (exact) mass is 799 g/mol. The van der Waals surface area contributed by atoms with E-state index in [0.717, 1.165) is 10.4 Å². The van der Waals surface area contributed by atoms with Crippen molar-refractivity contribution in [2.75, 3.05) is 27.4 Å². The summed E-state index contributed by atoms with van der Waals surface area (Å²) in [4.78, 5) is 57.1. The van der Waals surface area contributed by atoms with Gasteiger partial charge >= 0.3 is 17.8 Å². The van der Waals surface area contributed by atoms with Gasteiger partial charge in [0.2, 0.25) is 0 Å². The van der Waals surface area contributed by atoms with E-state index in [1.165, 1.54) is 15.7 Å². The molecule has 0 unspecified atom stereocenters. The van der Waals surface area contributed by atoms with E-state index in [4.69, 9.17) is 28.1 Å². The van der Waals surface area contributed by atoms with Crippen LogP contribution in [0.5, 0.6) is 11.5 Å². The number of ether oxygens (including phenoxy) is 5. The highest BCUT2D eigenvalue weighted by Gasteiger charge is 2.52. The number of nitrogens with one attached hydrogen (secondary N) is 1. The Bertz CT molecular complexity index is 2100. The zero-order valence-electron chi connectivity index (χ0n) is 33.9. The maximum atomic E-state index is 14.2. The van der Waals surface area contributed by atoms with Crippen LogP contribution in [0.25, 0.3) is 0 Å². The number of methoxy groups -OCH3 is 2. The molecule has 3 heterocycles. The van der Waals surface area contributed by atoms with Crippen molar-refractivity contribution in [3.05, 3.63) is 117 Å². The van der Waals surface area contributed by atoms with Crippen molar-refractivity contribution in [2.24, 2.45) is 0 Å². The Morgan fingerprint density at radius 2 is 1.49 bits per heavy atom. The summed E-state index contributed by atoms with van der Waals surface area (Å²) in [7, 11) is 0.0354. The van der Waals surface area contributed by atoms with Gasteiger partial charge < -0.3 is 28.1 Å². The maximum absolute atomic E-state index is 14.2. The summed E-state index contributed by atoms with van der Waals surface area (Å²) in [5.74, 6) is 0.474. The van der Waals surface area contributed by atoms with Crippen molar-refractivity contribution in [1.82, 2.24) is 14.5 Å². The molecule has 2 aliphatic heterocycles. The van der Waals surface area contributed by atoms with Crippen molar-refractivity contribution >= 4 is 30.8 Å². The molecule has 2 saturated heterocycles. The summed E-state index contributed by atoms with van der Waals surface area (Å²) in [5.41, 5.74) is -1.26. The summed E-state index contributed by atoms with van der Waals surface area (Å²) < 4.78 is 38.2. The van der Waals surface area contributed by atoms with Crippen molar-refractivity contribution < 1.29 is 37.7 Å². The third kappa shape index (κ3) is 8.58. The lowest BCUT2D eigenvalue weighted by atomic mass is 9.97. The fourth-order valence-electron chi connectivity index (χ4n) is 7.86. The highest BCUT2D eigenvalue weighted by atomic mass is 28.4. The van der Waals surface area contributed by atoms with E-state index in [0.29, 0.717) is 42.0 Å². The van der Waals surface area contributed by atoms with Gasteiger partial charge in [0.1, 0.15) is 41.6 Å². The van der Waals surface area contributed by atoms with Gasteiger partial charge in [0.25, 0.3) is 13.9 Å². The van der Waals surface area contributed by atoms with Crippen LogP contribution >= 0.6 is 0 Å². The zero-order valence-corrected chi connectivity index (χ0v) is 34.9. The van der Waals surface area contributed by atoms with Gasteiger partial charge in [-0.3, -0.25) is 19.2 Å². The van der Waals surface area contributed by atoms with Crippen LogP contribution < -0.4 is 31.1 Å². The number of nitrogens with zero attached hydrogens (tertiary/aromatic N) is 2. The van der Waals surface area contributed by atoms with Gasteiger partial charge in [0.15, 0.2) is 0 Å². The van der Waals surface area contributed by atoms with E-state index >= 15 is 0 Å². The molecule has 3 aromatic carbocycles. The topological polar surface area (TPSA) is 148 Å². The molecule has 0 bridgehead atoms. The Balaban J connectivity index is 1.28. The van der Waals surface area contributed by atoms with Gasteiger partial charge in [-0.15, -0.1) is 0 Å². The van der Waals surface area contributed by atoms with E-state index in [1.807, 2.05) is 36.4 Å². The fraction of sp³-hybridized carbons (Fsp3) is 0.442. The maximum Gasteiger partial charge on any atom is 0.411 e. The molecule has 0 spiro atoms. The first kappa shape index (κ1) is 41.5. The first-order valence-electron chi connectivity index (χ1n) is 19.2. The Kier molecular flexibility index (Phi) is 12.2. The van der Waals surface area contributed by atoms with E-state index in [-0.39, 0.29) is 18.1 Å². The number of aromatic amines is 1. The molecule has 1 amide bonds. The lowest BCUT2D eigenvalue weighted by Crippen LogP contribution is -2.67. The summed E-state index contributed by atoms with van der Waals surface area (Å²) in [6.45, 7) is 11.9. The summed E-state index contributed by atoms with van der Waals surface area (Å²) >= 11 is 0. The molecule has 2 aliphatic rings. The lowest BCUT2D eigenvalue weighted by molar-refractivity contribution is -0.158. The second kappa shape index (κ2) is 16.7. The molecule has 4 aromatic rings. The van der Waals surface area contributed by atoms with Crippen molar-refractivity contribution in [1.29, 1.82) is 0 Å². The predicted molar refractivity (Wildman–Crippen MR) is 217 cm³/mol. The third-order valence-corrected chi connectivity index (χ3v) is 15.9. The number of aromatic nitrogens is 2. The number of H-pyrrole nitrogens is 1. The summed E-state index contributed by atoms with van der Waals surface area (Å²) in [6.07, 6.45) is -0.702. The molecular formula is C43H53N3O10Si. The number of benzene rings is 3. The van der Waals surface area contributed by atoms with E-state index in [1.54, 1.807) is 53.2 Å². The SMILES string of the molecule is COc1cc(OC)cc(C(C)(C)OC(=O)N2CCC[C@H]2C(=O)O[C@H]2C[C@H](n3cc(C)c(=O)[nH]c3=O)O[C@@H]2CO[Si](c2ccccc2)(c2ccccc2)C(C)(C)C)c1. The Hall–Kier alpha value is -5.18. The smallest absolute Gasteiger partial charge is 0.411 e. The molecule has 13 nitrogen and oxygen atoms in total. The quantitative estimate of drug-likeness (QED) is 0.150. The normalized spacial score (nSPS) is 20.0. The second-order valence-electron chi connectivity index (χ2n) is 16.1. The molecular weight excluding hydrogens is 747 g/mol. The highest BCUT2D eigenvalue weighted by molar-refractivity contribution is 6.99. The molecule has 304 valence electrons. The van der Waals surface area contributed by atoms with Gasteiger partial charge in [0.05, 0.1) is 20.8 Å². The second-order valence-corrected chi connectivity index (χ2v) is 20.4. The molecule has 0 aliphatic carbocycles. The molecule has 4 atom stereocenters. The summed E-state index contributed by atoms with van der Waals surface area (Å²) in [6, 6.07) is 24.6.